The monoisotopic (exact) mass is 355 g/mol. The SMILES string of the molecule is COc1ccc(CNC(=O)Cn2cnc(-c3cccs3)cc2=O)cc1. The zero-order chi connectivity index (χ0) is 17.6. The van der Waals surface area contributed by atoms with Gasteiger partial charge in [-0.1, -0.05) is 18.2 Å². The summed E-state index contributed by atoms with van der Waals surface area (Å²) in [6, 6.07) is 12.7. The fourth-order valence-corrected chi connectivity index (χ4v) is 2.95. The van der Waals surface area contributed by atoms with Crippen LogP contribution in [0, 0.1) is 0 Å². The number of methoxy groups -OCH3 is 1. The highest BCUT2D eigenvalue weighted by Crippen LogP contribution is 2.20. The van der Waals surface area contributed by atoms with Crippen LogP contribution in [-0.4, -0.2) is 22.6 Å². The minimum atomic E-state index is -0.252. The molecule has 0 aliphatic carbocycles. The number of ether oxygens (including phenoxy) is 1. The highest BCUT2D eigenvalue weighted by molar-refractivity contribution is 7.13. The van der Waals surface area contributed by atoms with E-state index in [1.54, 1.807) is 7.11 Å². The Hall–Kier alpha value is -2.93. The average Bonchev–Trinajstić information content (AvgIpc) is 3.17. The summed E-state index contributed by atoms with van der Waals surface area (Å²) in [4.78, 5) is 29.4. The lowest BCUT2D eigenvalue weighted by Crippen LogP contribution is -2.31. The van der Waals surface area contributed by atoms with Crippen LogP contribution in [0.2, 0.25) is 0 Å². The van der Waals surface area contributed by atoms with E-state index >= 15 is 0 Å². The molecule has 7 heteroatoms. The van der Waals surface area contributed by atoms with E-state index in [0.29, 0.717) is 12.2 Å². The molecule has 0 fully saturated rings. The molecule has 1 aromatic carbocycles. The van der Waals surface area contributed by atoms with Crippen LogP contribution in [0.3, 0.4) is 0 Å². The van der Waals surface area contributed by atoms with Gasteiger partial charge in [-0.2, -0.15) is 0 Å². The number of rotatable bonds is 6. The maximum atomic E-state index is 12.1. The summed E-state index contributed by atoms with van der Waals surface area (Å²) in [5.74, 6) is 0.516. The van der Waals surface area contributed by atoms with E-state index in [-0.39, 0.29) is 18.0 Å². The third-order valence-corrected chi connectivity index (χ3v) is 4.51. The van der Waals surface area contributed by atoms with E-state index in [4.69, 9.17) is 4.74 Å². The van der Waals surface area contributed by atoms with Gasteiger partial charge in [0, 0.05) is 12.6 Å². The third-order valence-electron chi connectivity index (χ3n) is 3.62. The largest absolute Gasteiger partial charge is 0.497 e. The predicted molar refractivity (Wildman–Crippen MR) is 96.7 cm³/mol. The Bertz CT molecular complexity index is 902. The van der Waals surface area contributed by atoms with Crippen molar-refractivity contribution in [2.45, 2.75) is 13.1 Å². The molecule has 1 N–H and O–H groups in total. The highest BCUT2D eigenvalue weighted by Gasteiger charge is 2.07. The molecule has 0 saturated carbocycles. The van der Waals surface area contributed by atoms with Crippen molar-refractivity contribution in [3.8, 4) is 16.3 Å². The Morgan fingerprint density at radius 3 is 2.72 bits per heavy atom. The molecule has 0 atom stereocenters. The van der Waals surface area contributed by atoms with Crippen molar-refractivity contribution in [3.05, 3.63) is 70.1 Å². The molecule has 25 heavy (non-hydrogen) atoms. The Labute approximate surface area is 148 Å². The van der Waals surface area contributed by atoms with Gasteiger partial charge in [-0.05, 0) is 29.1 Å². The molecule has 6 nitrogen and oxygen atoms in total. The van der Waals surface area contributed by atoms with Gasteiger partial charge in [-0.25, -0.2) is 4.98 Å². The lowest BCUT2D eigenvalue weighted by Gasteiger charge is -2.08. The molecule has 128 valence electrons. The first kappa shape index (κ1) is 16.9. The Morgan fingerprint density at radius 1 is 1.28 bits per heavy atom. The van der Waals surface area contributed by atoms with E-state index in [1.165, 1.54) is 28.3 Å². The number of aromatic nitrogens is 2. The molecule has 0 aliphatic heterocycles. The molecule has 0 saturated heterocycles. The van der Waals surface area contributed by atoms with E-state index in [9.17, 15) is 9.59 Å². The number of carbonyl (C=O) groups excluding carboxylic acids is 1. The van der Waals surface area contributed by atoms with Gasteiger partial charge < -0.3 is 10.1 Å². The van der Waals surface area contributed by atoms with Crippen LogP contribution < -0.4 is 15.6 Å². The minimum Gasteiger partial charge on any atom is -0.497 e. The maximum Gasteiger partial charge on any atom is 0.254 e. The van der Waals surface area contributed by atoms with Crippen molar-refractivity contribution >= 4 is 17.2 Å². The van der Waals surface area contributed by atoms with Crippen LogP contribution in [-0.2, 0) is 17.9 Å². The Kier molecular flexibility index (Phi) is 5.25. The molecule has 0 unspecified atom stereocenters. The topological polar surface area (TPSA) is 73.2 Å². The molecule has 0 radical (unpaired) electrons. The minimum absolute atomic E-state index is 0.0628. The predicted octanol–water partition coefficient (Wildman–Crippen LogP) is 2.30. The van der Waals surface area contributed by atoms with Crippen LogP contribution in [0.25, 0.3) is 10.6 Å². The smallest absolute Gasteiger partial charge is 0.254 e. The van der Waals surface area contributed by atoms with Crippen molar-refractivity contribution < 1.29 is 9.53 Å². The van der Waals surface area contributed by atoms with Crippen molar-refractivity contribution in [2.75, 3.05) is 7.11 Å². The number of hydrogen-bond donors (Lipinski definition) is 1. The summed E-state index contributed by atoms with van der Waals surface area (Å²) < 4.78 is 6.38. The highest BCUT2D eigenvalue weighted by atomic mass is 32.1. The maximum absolute atomic E-state index is 12.1. The fourth-order valence-electron chi connectivity index (χ4n) is 2.26. The zero-order valence-electron chi connectivity index (χ0n) is 13.6. The second-order valence-electron chi connectivity index (χ2n) is 5.34. The zero-order valence-corrected chi connectivity index (χ0v) is 14.5. The Morgan fingerprint density at radius 2 is 2.08 bits per heavy atom. The standard InChI is InChI=1S/C18H17N3O3S/c1-24-14-6-4-13(5-7-14)10-19-17(22)11-21-12-20-15(9-18(21)23)16-3-2-8-25-16/h2-9,12H,10-11H2,1H3,(H,19,22). The van der Waals surface area contributed by atoms with Crippen molar-refractivity contribution in [1.82, 2.24) is 14.9 Å². The summed E-state index contributed by atoms with van der Waals surface area (Å²) in [7, 11) is 1.60. The van der Waals surface area contributed by atoms with Gasteiger partial charge in [-0.15, -0.1) is 11.3 Å². The Balaban J connectivity index is 1.59. The van der Waals surface area contributed by atoms with Crippen molar-refractivity contribution in [3.63, 3.8) is 0 Å². The first-order chi connectivity index (χ1) is 12.2. The molecule has 0 spiro atoms. The van der Waals surface area contributed by atoms with Crippen molar-refractivity contribution in [2.24, 2.45) is 0 Å². The summed E-state index contributed by atoms with van der Waals surface area (Å²) in [5, 5.41) is 4.71. The van der Waals surface area contributed by atoms with Gasteiger partial charge in [0.1, 0.15) is 12.3 Å². The van der Waals surface area contributed by atoms with Gasteiger partial charge >= 0.3 is 0 Å². The van der Waals surface area contributed by atoms with E-state index in [1.807, 2.05) is 41.8 Å². The first-order valence-electron chi connectivity index (χ1n) is 7.66. The normalized spacial score (nSPS) is 10.4. The summed E-state index contributed by atoms with van der Waals surface area (Å²) >= 11 is 1.51. The summed E-state index contributed by atoms with van der Waals surface area (Å²) in [6.45, 7) is 0.324. The van der Waals surface area contributed by atoms with Crippen LogP contribution in [0.4, 0.5) is 0 Å². The summed E-state index contributed by atoms with van der Waals surface area (Å²) in [6.07, 6.45) is 1.41. The van der Waals surface area contributed by atoms with E-state index < -0.39 is 0 Å². The molecule has 0 bridgehead atoms. The number of benzene rings is 1. The molecule has 2 aromatic heterocycles. The first-order valence-corrected chi connectivity index (χ1v) is 8.53. The van der Waals surface area contributed by atoms with Crippen LogP contribution in [0.15, 0.2) is 59.0 Å². The number of thiophene rings is 1. The van der Waals surface area contributed by atoms with Gasteiger partial charge in [0.25, 0.3) is 5.56 Å². The van der Waals surface area contributed by atoms with Gasteiger partial charge in [0.15, 0.2) is 0 Å². The van der Waals surface area contributed by atoms with Gasteiger partial charge in [0.05, 0.1) is 24.0 Å². The fraction of sp³-hybridized carbons (Fsp3) is 0.167. The molecular weight excluding hydrogens is 338 g/mol. The second kappa shape index (κ2) is 7.76. The van der Waals surface area contributed by atoms with E-state index in [0.717, 1.165) is 16.2 Å². The lowest BCUT2D eigenvalue weighted by atomic mass is 10.2. The number of nitrogens with one attached hydrogen (secondary N) is 1. The van der Waals surface area contributed by atoms with Crippen LogP contribution in [0.1, 0.15) is 5.56 Å². The van der Waals surface area contributed by atoms with Gasteiger partial charge in [-0.3, -0.25) is 14.2 Å². The molecule has 3 rings (SSSR count). The number of carbonyl (C=O) groups is 1. The molecule has 2 heterocycles. The third kappa shape index (κ3) is 4.33. The summed E-state index contributed by atoms with van der Waals surface area (Å²) in [5.41, 5.74) is 1.32. The lowest BCUT2D eigenvalue weighted by molar-refractivity contribution is -0.121. The molecular formula is C18H17N3O3S. The second-order valence-corrected chi connectivity index (χ2v) is 6.29. The average molecular weight is 355 g/mol. The molecule has 0 aliphatic rings. The van der Waals surface area contributed by atoms with Crippen molar-refractivity contribution in [1.29, 1.82) is 0 Å². The van der Waals surface area contributed by atoms with Gasteiger partial charge in [0.2, 0.25) is 5.91 Å². The number of amides is 1. The molecule has 3 aromatic rings. The van der Waals surface area contributed by atoms with Crippen LogP contribution >= 0.6 is 11.3 Å². The number of nitrogens with zero attached hydrogens (tertiary/aromatic N) is 2. The molecule has 1 amide bonds. The van der Waals surface area contributed by atoms with Crippen LogP contribution in [0.5, 0.6) is 5.75 Å². The van der Waals surface area contributed by atoms with E-state index in [2.05, 4.69) is 10.3 Å². The number of hydrogen-bond acceptors (Lipinski definition) is 5. The quantitative estimate of drug-likeness (QED) is 0.736.